The lowest BCUT2D eigenvalue weighted by molar-refractivity contribution is 0.0170. The predicted molar refractivity (Wildman–Crippen MR) is 104 cm³/mol. The van der Waals surface area contributed by atoms with Crippen LogP contribution in [0.2, 0.25) is 0 Å². The third-order valence-electron chi connectivity index (χ3n) is 4.95. The summed E-state index contributed by atoms with van der Waals surface area (Å²) in [5.74, 6) is -1.20. The van der Waals surface area contributed by atoms with E-state index in [-0.39, 0.29) is 41.8 Å². The van der Waals surface area contributed by atoms with Crippen LogP contribution in [-0.4, -0.2) is 45.4 Å². The summed E-state index contributed by atoms with van der Waals surface area (Å²) in [5, 5.41) is 12.8. The predicted octanol–water partition coefficient (Wildman–Crippen LogP) is 1.58. The molecule has 1 fully saturated rings. The Morgan fingerprint density at radius 1 is 1.37 bits per heavy atom. The van der Waals surface area contributed by atoms with Crippen LogP contribution < -0.4 is 16.1 Å². The molecule has 3 heterocycles. The maximum Gasteiger partial charge on any atom is 0.282 e. The normalized spacial score (nSPS) is 16.4. The number of carbonyl (C=O) groups is 1. The number of nitrogen functional groups attached to an aromatic ring is 1. The largest absolute Gasteiger partial charge is 0.394 e. The quantitative estimate of drug-likeness (QED) is 0.411. The third kappa shape index (κ3) is 3.64. The summed E-state index contributed by atoms with van der Waals surface area (Å²) >= 11 is 0. The van der Waals surface area contributed by atoms with E-state index in [1.54, 1.807) is 12.3 Å². The fourth-order valence-electron chi connectivity index (χ4n) is 3.66. The summed E-state index contributed by atoms with van der Waals surface area (Å²) in [6.07, 6.45) is 3.00. The van der Waals surface area contributed by atoms with Gasteiger partial charge in [0, 0.05) is 18.3 Å². The molecular formula is C19H20F2N6O3. The van der Waals surface area contributed by atoms with Crippen molar-refractivity contribution < 1.29 is 23.5 Å². The van der Waals surface area contributed by atoms with E-state index in [9.17, 15) is 13.6 Å². The van der Waals surface area contributed by atoms with Crippen molar-refractivity contribution in [1.29, 1.82) is 0 Å². The number of nitrogens with zero attached hydrogens (tertiary/aromatic N) is 4. The lowest BCUT2D eigenvalue weighted by atomic mass is 10.0. The van der Waals surface area contributed by atoms with Crippen LogP contribution in [-0.2, 0) is 4.84 Å². The molecule has 0 radical (unpaired) electrons. The van der Waals surface area contributed by atoms with Crippen molar-refractivity contribution in [3.05, 3.63) is 53.2 Å². The lowest BCUT2D eigenvalue weighted by Crippen LogP contribution is -2.26. The van der Waals surface area contributed by atoms with Crippen LogP contribution in [0.4, 0.5) is 20.4 Å². The van der Waals surface area contributed by atoms with E-state index >= 15 is 0 Å². The van der Waals surface area contributed by atoms with Crippen LogP contribution >= 0.6 is 0 Å². The molecule has 4 N–H and O–H groups in total. The molecule has 1 aliphatic heterocycles. The summed E-state index contributed by atoms with van der Waals surface area (Å²) in [7, 11) is 0. The van der Waals surface area contributed by atoms with E-state index in [0.717, 1.165) is 18.6 Å². The molecule has 1 atom stereocenters. The van der Waals surface area contributed by atoms with E-state index in [1.165, 1.54) is 10.6 Å². The third-order valence-corrected chi connectivity index (χ3v) is 4.95. The molecule has 0 aliphatic carbocycles. The van der Waals surface area contributed by atoms with Crippen molar-refractivity contribution >= 4 is 23.2 Å². The lowest BCUT2D eigenvalue weighted by Gasteiger charge is -2.26. The molecule has 3 aromatic rings. The van der Waals surface area contributed by atoms with Gasteiger partial charge >= 0.3 is 0 Å². The number of aliphatic hydroxyl groups excluding tert-OH is 1. The van der Waals surface area contributed by atoms with Gasteiger partial charge in [-0.25, -0.2) is 23.8 Å². The molecule has 1 aromatic carbocycles. The number of carbonyl (C=O) groups excluding carboxylic acids is 1. The summed E-state index contributed by atoms with van der Waals surface area (Å²) in [6, 6.07) is 4.69. The number of hydroxylamine groups is 1. The minimum atomic E-state index is -0.658. The molecule has 0 spiro atoms. The molecule has 30 heavy (non-hydrogen) atoms. The highest BCUT2D eigenvalue weighted by Crippen LogP contribution is 2.37. The molecule has 4 rings (SSSR count). The maximum absolute atomic E-state index is 14.4. The number of nitrogens with two attached hydrogens (primary N) is 1. The van der Waals surface area contributed by atoms with Crippen molar-refractivity contribution in [1.82, 2.24) is 20.1 Å². The standard InChI is InChI=1S/C19H20F2N6O3/c20-11-3-4-13(21)12(10-11)14-2-1-6-26(14)15-5-7-27-18(23-15)16(17(22)24-27)19(29)25-30-9-8-28/h3-5,7,10,14,28H,1-2,6,8-9H2,(H2,22,24)(H,25,29). The van der Waals surface area contributed by atoms with Crippen LogP contribution in [0, 0.1) is 11.6 Å². The van der Waals surface area contributed by atoms with E-state index in [2.05, 4.69) is 15.6 Å². The van der Waals surface area contributed by atoms with Crippen LogP contribution in [0.25, 0.3) is 5.65 Å². The molecule has 2 aromatic heterocycles. The number of rotatable bonds is 6. The van der Waals surface area contributed by atoms with Gasteiger partial charge in [0.15, 0.2) is 11.5 Å². The Hall–Kier alpha value is -3.31. The van der Waals surface area contributed by atoms with Gasteiger partial charge in [-0.3, -0.25) is 9.63 Å². The first-order chi connectivity index (χ1) is 14.5. The zero-order valence-corrected chi connectivity index (χ0v) is 15.9. The van der Waals surface area contributed by atoms with Crippen molar-refractivity contribution in [2.75, 3.05) is 30.4 Å². The molecule has 158 valence electrons. The minimum absolute atomic E-state index is 0.0162. The van der Waals surface area contributed by atoms with Crippen LogP contribution in [0.1, 0.15) is 34.8 Å². The Bertz CT molecular complexity index is 1090. The summed E-state index contributed by atoms with van der Waals surface area (Å²) < 4.78 is 29.4. The first-order valence-corrected chi connectivity index (χ1v) is 9.39. The fourth-order valence-corrected chi connectivity index (χ4v) is 3.66. The minimum Gasteiger partial charge on any atom is -0.394 e. The molecule has 1 saturated heterocycles. The van der Waals surface area contributed by atoms with Crippen molar-refractivity contribution in [3.8, 4) is 0 Å². The second-order valence-corrected chi connectivity index (χ2v) is 6.83. The SMILES string of the molecule is Nc1nn2ccc(N3CCCC3c3cc(F)ccc3F)nc2c1C(=O)NOCCO. The molecule has 1 aliphatic rings. The van der Waals surface area contributed by atoms with E-state index in [0.29, 0.717) is 18.8 Å². The number of halogens is 2. The highest BCUT2D eigenvalue weighted by atomic mass is 19.1. The number of nitrogens with one attached hydrogen (secondary N) is 1. The number of hydrogen-bond donors (Lipinski definition) is 3. The second-order valence-electron chi connectivity index (χ2n) is 6.83. The van der Waals surface area contributed by atoms with Gasteiger partial charge in [-0.15, -0.1) is 5.10 Å². The molecule has 0 saturated carbocycles. The number of hydrogen-bond acceptors (Lipinski definition) is 7. The molecular weight excluding hydrogens is 398 g/mol. The fraction of sp³-hybridized carbons (Fsp3) is 0.316. The number of aromatic nitrogens is 3. The van der Waals surface area contributed by atoms with Crippen LogP contribution in [0.5, 0.6) is 0 Å². The summed E-state index contributed by atoms with van der Waals surface area (Å²) in [5.41, 5.74) is 8.53. The van der Waals surface area contributed by atoms with Crippen molar-refractivity contribution in [2.45, 2.75) is 18.9 Å². The second kappa shape index (κ2) is 8.20. The highest BCUT2D eigenvalue weighted by molar-refractivity contribution is 6.03. The van der Waals surface area contributed by atoms with Gasteiger partial charge < -0.3 is 15.7 Å². The van der Waals surface area contributed by atoms with Crippen LogP contribution in [0.15, 0.2) is 30.5 Å². The van der Waals surface area contributed by atoms with Crippen LogP contribution in [0.3, 0.4) is 0 Å². The van der Waals surface area contributed by atoms with E-state index < -0.39 is 17.5 Å². The summed E-state index contributed by atoms with van der Waals surface area (Å²) in [4.78, 5) is 23.6. The maximum atomic E-state index is 14.4. The smallest absolute Gasteiger partial charge is 0.282 e. The Labute approximate surface area is 170 Å². The Morgan fingerprint density at radius 2 is 2.20 bits per heavy atom. The number of fused-ring (bicyclic) bond motifs is 1. The molecule has 1 unspecified atom stereocenters. The number of anilines is 2. The van der Waals surface area contributed by atoms with Crippen molar-refractivity contribution in [3.63, 3.8) is 0 Å². The first kappa shape index (κ1) is 20.0. The Morgan fingerprint density at radius 3 is 3.00 bits per heavy atom. The molecule has 0 bridgehead atoms. The van der Waals surface area contributed by atoms with Gasteiger partial charge in [0.05, 0.1) is 19.3 Å². The average Bonchev–Trinajstić information content (AvgIpc) is 3.33. The van der Waals surface area contributed by atoms with E-state index in [1.807, 2.05) is 4.90 Å². The number of amides is 1. The first-order valence-electron chi connectivity index (χ1n) is 9.39. The molecule has 11 heteroatoms. The molecule has 9 nitrogen and oxygen atoms in total. The molecule has 1 amide bonds. The zero-order valence-electron chi connectivity index (χ0n) is 15.9. The average molecular weight is 418 g/mol. The van der Waals surface area contributed by atoms with Crippen molar-refractivity contribution in [2.24, 2.45) is 0 Å². The summed E-state index contributed by atoms with van der Waals surface area (Å²) in [6.45, 7) is 0.243. The van der Waals surface area contributed by atoms with Gasteiger partial charge in [-0.05, 0) is 37.1 Å². The Balaban J connectivity index is 1.69. The number of benzene rings is 1. The monoisotopic (exact) mass is 418 g/mol. The van der Waals surface area contributed by atoms with Gasteiger partial charge in [0.1, 0.15) is 23.0 Å². The van der Waals surface area contributed by atoms with Gasteiger partial charge in [-0.2, -0.15) is 0 Å². The highest BCUT2D eigenvalue weighted by Gasteiger charge is 2.30. The Kier molecular flexibility index (Phi) is 5.46. The topological polar surface area (TPSA) is 118 Å². The zero-order chi connectivity index (χ0) is 21.3. The van der Waals surface area contributed by atoms with Gasteiger partial charge in [0.25, 0.3) is 5.91 Å². The van der Waals surface area contributed by atoms with Gasteiger partial charge in [-0.1, -0.05) is 0 Å². The number of aliphatic hydroxyl groups is 1. The van der Waals surface area contributed by atoms with Gasteiger partial charge in [0.2, 0.25) is 0 Å². The van der Waals surface area contributed by atoms with E-state index in [4.69, 9.17) is 15.7 Å².